The van der Waals surface area contributed by atoms with Crippen molar-refractivity contribution in [2.75, 3.05) is 0 Å². The predicted molar refractivity (Wildman–Crippen MR) is 50.5 cm³/mol. The standard InChI is InChI=1S/C4H7F3.C2HF5.C2H5.CH3.Cm/c1-2-3-4(5,6)7;3-1(4)2(5,6)7;1-2;;/h2-3H2,1H3;1H;1H2,2H3;1H3;/q;;2*-1;. The third-order valence-corrected chi connectivity index (χ3v) is 0.781. The molecular weight excluding hydrogens is 507 g/mol. The Kier molecular flexibility index (Phi) is 22.5. The maximum Gasteiger partial charge on any atom is 0.450 e. The summed E-state index contributed by atoms with van der Waals surface area (Å²) in [5, 5.41) is 0. The third-order valence-electron chi connectivity index (χ3n) is 0.781. The third kappa shape index (κ3) is 36.6. The van der Waals surface area contributed by atoms with Crippen molar-refractivity contribution in [2.24, 2.45) is 0 Å². The van der Waals surface area contributed by atoms with Gasteiger partial charge in [-0.3, -0.25) is 0 Å². The molecule has 9 heteroatoms. The molecule has 118 valence electrons. The normalized spacial score (nSPS) is 10.0. The van der Waals surface area contributed by atoms with Crippen LogP contribution in [0.1, 0.15) is 26.7 Å². The molecule has 0 aromatic carbocycles. The first-order chi connectivity index (χ1) is 7.00. The molecule has 0 spiro atoms. The van der Waals surface area contributed by atoms with Gasteiger partial charge < -0.3 is 14.4 Å². The number of rotatable bonds is 1. The van der Waals surface area contributed by atoms with Gasteiger partial charge in [-0.25, -0.2) is 8.78 Å². The van der Waals surface area contributed by atoms with E-state index in [9.17, 15) is 35.1 Å². The number of halogens is 8. The fourth-order valence-electron chi connectivity index (χ4n) is 0.283. The summed E-state index contributed by atoms with van der Waals surface area (Å²) in [5.41, 5.74) is 0. The maximum absolute atomic E-state index is 11.1. The van der Waals surface area contributed by atoms with Crippen molar-refractivity contribution in [3.8, 4) is 0 Å². The van der Waals surface area contributed by atoms with Crippen molar-refractivity contribution in [2.45, 2.75) is 45.5 Å². The molecule has 0 saturated carbocycles. The summed E-state index contributed by atoms with van der Waals surface area (Å²) < 4.78 is 85.3. The summed E-state index contributed by atoms with van der Waals surface area (Å²) in [6, 6.07) is 0. The van der Waals surface area contributed by atoms with E-state index < -0.39 is 25.2 Å². The Morgan fingerprint density at radius 3 is 1.17 bits per heavy atom. The van der Waals surface area contributed by atoms with Crippen LogP contribution in [0.3, 0.4) is 0 Å². The monoisotopic (exact) mass is 519 g/mol. The van der Waals surface area contributed by atoms with Crippen LogP contribution in [0.15, 0.2) is 0 Å². The topological polar surface area (TPSA) is 0 Å². The Balaban J connectivity index is -0.0000000500. The van der Waals surface area contributed by atoms with Crippen molar-refractivity contribution < 1.29 is 35.1 Å². The van der Waals surface area contributed by atoms with Crippen LogP contribution in [-0.4, -0.2) is 18.8 Å². The first-order valence-electron chi connectivity index (χ1n) is 4.13. The SMILES string of the molecule is CCCC(F)(F)F.FC(F)C(F)(F)F.[CH2-]C.[CH3-].[Cm]. The smallest absolute Gasteiger partial charge is 0.358 e. The zero-order chi connectivity index (χ0) is 14.0. The zero-order valence-electron chi connectivity index (χ0n) is 10.1. The van der Waals surface area contributed by atoms with E-state index in [1.54, 1.807) is 6.92 Å². The molecule has 0 aromatic heterocycles. The van der Waals surface area contributed by atoms with E-state index in [2.05, 4.69) is 6.92 Å². The Bertz CT molecular complexity index is 140. The Morgan fingerprint density at radius 2 is 1.17 bits per heavy atom. The second-order valence-electron chi connectivity index (χ2n) is 2.21. The van der Waals surface area contributed by atoms with Gasteiger partial charge >= 0.3 is 18.8 Å². The molecule has 0 unspecified atom stereocenters. The first-order valence-corrected chi connectivity index (χ1v) is 4.13. The van der Waals surface area contributed by atoms with Gasteiger partial charge in [0, 0.05) is 6.42 Å². The second kappa shape index (κ2) is 13.5. The van der Waals surface area contributed by atoms with Crippen LogP contribution in [-0.2, 0) is 0 Å². The summed E-state index contributed by atoms with van der Waals surface area (Å²) in [6.07, 6.45) is -14.0. The molecule has 0 atom stereocenters. The van der Waals surface area contributed by atoms with Gasteiger partial charge in [-0.1, -0.05) is 6.92 Å². The minimum Gasteiger partial charge on any atom is -0.358 e. The van der Waals surface area contributed by atoms with Crippen LogP contribution in [0.25, 0.3) is 0 Å². The van der Waals surface area contributed by atoms with Crippen LogP contribution in [0.5, 0.6) is 0 Å². The average Bonchev–Trinajstić information content (AvgIpc) is 2.04. The molecule has 0 aliphatic rings. The first kappa shape index (κ1) is 29.9. The molecule has 0 radical (unpaired) electrons. The van der Waals surface area contributed by atoms with Gasteiger partial charge in [0.05, 0.1) is 0 Å². The summed E-state index contributed by atoms with van der Waals surface area (Å²) in [5.74, 6) is 0. The van der Waals surface area contributed by atoms with Crippen LogP contribution in [0, 0.1) is 14.4 Å². The summed E-state index contributed by atoms with van der Waals surface area (Å²) in [4.78, 5) is 0. The van der Waals surface area contributed by atoms with Gasteiger partial charge in [0.25, 0.3) is 0 Å². The van der Waals surface area contributed by atoms with E-state index in [1.165, 1.54) is 6.92 Å². The molecule has 0 amide bonds. The Hall–Kier alpha value is -1.56. The van der Waals surface area contributed by atoms with Crippen LogP contribution < -0.4 is 0 Å². The fourth-order valence-corrected chi connectivity index (χ4v) is 0.283. The maximum atomic E-state index is 11.1. The van der Waals surface area contributed by atoms with Crippen LogP contribution >= 0.6 is 0 Å². The van der Waals surface area contributed by atoms with Gasteiger partial charge in [0.2, 0.25) is 0 Å². The van der Waals surface area contributed by atoms with Crippen molar-refractivity contribution >= 4 is 0 Å². The summed E-state index contributed by atoms with van der Waals surface area (Å²) >= 11 is 0. The molecule has 0 aliphatic heterocycles. The molecule has 0 N–H and O–H groups in total. The van der Waals surface area contributed by atoms with Gasteiger partial charge in [0.15, 0.2) is 0 Å². The molecular formula is C9H16CmF8-2. The van der Waals surface area contributed by atoms with E-state index in [-0.39, 0.29) is 13.8 Å². The van der Waals surface area contributed by atoms with Crippen molar-refractivity contribution in [1.82, 2.24) is 0 Å². The Morgan fingerprint density at radius 1 is 0.944 bits per heavy atom. The van der Waals surface area contributed by atoms with Gasteiger partial charge in [-0.15, -0.1) is 0 Å². The van der Waals surface area contributed by atoms with E-state index in [1.807, 2.05) is 0 Å². The van der Waals surface area contributed by atoms with E-state index in [4.69, 9.17) is 0 Å². The average molecular weight is 523 g/mol. The van der Waals surface area contributed by atoms with Crippen molar-refractivity contribution in [3.63, 3.8) is 0 Å². The van der Waals surface area contributed by atoms with E-state index in [0.717, 1.165) is 0 Å². The van der Waals surface area contributed by atoms with Gasteiger partial charge in [0.1, 0.15) is 0 Å². The summed E-state index contributed by atoms with van der Waals surface area (Å²) in [7, 11) is 0. The van der Waals surface area contributed by atoms with Gasteiger partial charge in [-0.05, 0) is 6.42 Å². The largest absolute Gasteiger partial charge is 0.450 e. The number of alkyl halides is 8. The van der Waals surface area contributed by atoms with Crippen molar-refractivity contribution in [1.29, 1.82) is 0 Å². The predicted octanol–water partition coefficient (Wildman–Crippen LogP) is 5.45. The molecule has 0 bridgehead atoms. The zero-order valence-corrected chi connectivity index (χ0v) is 13.0. The number of hydrogen-bond acceptors (Lipinski definition) is 0. The molecule has 0 heterocycles. The molecule has 0 aliphatic carbocycles. The molecule has 0 nitrogen and oxygen atoms in total. The Labute approximate surface area is 96.0 Å². The van der Waals surface area contributed by atoms with E-state index >= 15 is 0 Å². The van der Waals surface area contributed by atoms with E-state index in [0.29, 0.717) is 0 Å². The van der Waals surface area contributed by atoms with Gasteiger partial charge in [-0.2, -0.15) is 33.3 Å². The molecule has 0 rings (SSSR count). The minimum atomic E-state index is -5.33. The molecule has 0 saturated heterocycles. The quantitative estimate of drug-likeness (QED) is 0.317. The fraction of sp³-hybridized carbons (Fsp3) is 0.778. The van der Waals surface area contributed by atoms with Crippen molar-refractivity contribution in [3.05, 3.63) is 14.4 Å². The molecule has 0 fully saturated rings. The van der Waals surface area contributed by atoms with Crippen LogP contribution in [0.2, 0.25) is 0 Å². The molecule has 0 aromatic rings. The number of hydrogen-bond donors (Lipinski definition) is 0. The summed E-state index contributed by atoms with van der Waals surface area (Å²) in [6.45, 7) is 6.51. The van der Waals surface area contributed by atoms with Crippen LogP contribution in [0.4, 0.5) is 35.1 Å². The second-order valence-corrected chi connectivity index (χ2v) is 2.21. The minimum absolute atomic E-state index is 0. The molecule has 18 heavy (non-hydrogen) atoms.